The number of primary amides is 1. The van der Waals surface area contributed by atoms with Crippen molar-refractivity contribution >= 4 is 28.9 Å². The van der Waals surface area contributed by atoms with Gasteiger partial charge in [-0.25, -0.2) is 14.4 Å². The van der Waals surface area contributed by atoms with Crippen LogP contribution in [0.25, 0.3) is 0 Å². The number of rotatable bonds is 8. The maximum Gasteiger partial charge on any atom is 0.271 e. The summed E-state index contributed by atoms with van der Waals surface area (Å²) < 4.78 is 20.8. The molecule has 3 aliphatic rings. The molecule has 0 aliphatic carbocycles. The van der Waals surface area contributed by atoms with E-state index in [4.69, 9.17) is 10.5 Å². The van der Waals surface area contributed by atoms with Gasteiger partial charge in [0.1, 0.15) is 5.82 Å². The monoisotopic (exact) mass is 540 g/mol. The van der Waals surface area contributed by atoms with Crippen LogP contribution in [0.15, 0.2) is 18.2 Å². The minimum Gasteiger partial charge on any atom is -0.381 e. The van der Waals surface area contributed by atoms with Gasteiger partial charge in [0.05, 0.1) is 11.4 Å². The molecule has 1 amide bonds. The van der Waals surface area contributed by atoms with Gasteiger partial charge in [-0.1, -0.05) is 6.92 Å². The van der Waals surface area contributed by atoms with E-state index in [2.05, 4.69) is 42.3 Å². The number of benzene rings is 1. The molecule has 3 saturated heterocycles. The van der Waals surface area contributed by atoms with Gasteiger partial charge in [0.25, 0.3) is 5.91 Å². The highest BCUT2D eigenvalue weighted by Crippen LogP contribution is 2.29. The Balaban J connectivity index is 1.28. The smallest absolute Gasteiger partial charge is 0.271 e. The van der Waals surface area contributed by atoms with Gasteiger partial charge in [-0.15, -0.1) is 0 Å². The van der Waals surface area contributed by atoms with Gasteiger partial charge in [0.2, 0.25) is 0 Å². The molecule has 10 nitrogen and oxygen atoms in total. The molecule has 1 aromatic carbocycles. The van der Waals surface area contributed by atoms with Gasteiger partial charge in [-0.05, 0) is 70.4 Å². The molecule has 5 rings (SSSR count). The molecule has 4 heterocycles. The molecule has 0 unspecified atom stereocenters. The largest absolute Gasteiger partial charge is 0.381 e. The summed E-state index contributed by atoms with van der Waals surface area (Å²) in [6.45, 7) is 9.11. The Hall–Kier alpha value is -3.02. The standard InChI is InChI=1S/C28H41FN8O2/c1-3-23-27(31-19-8-16-39-17-9-19)34-28(25(33-23)26(30)38)32-20-4-5-24(22(29)18-20)37-14-12-36(13-15-37)21-6-10-35(2)11-7-21/h4-5,18-19,21H,3,6-17H2,1-2H3,(H2,30,38)(H2,31,32,34). The van der Waals surface area contributed by atoms with Crippen LogP contribution in [-0.2, 0) is 11.2 Å². The van der Waals surface area contributed by atoms with Crippen LogP contribution in [-0.4, -0.2) is 97.3 Å². The van der Waals surface area contributed by atoms with Crippen LogP contribution in [0, 0.1) is 5.82 Å². The van der Waals surface area contributed by atoms with Gasteiger partial charge >= 0.3 is 0 Å². The van der Waals surface area contributed by atoms with Crippen LogP contribution in [0.3, 0.4) is 0 Å². The Morgan fingerprint density at radius 1 is 1.05 bits per heavy atom. The highest BCUT2D eigenvalue weighted by Gasteiger charge is 2.27. The summed E-state index contributed by atoms with van der Waals surface area (Å²) >= 11 is 0. The molecule has 1 aromatic heterocycles. The number of nitrogens with one attached hydrogen (secondary N) is 2. The number of nitrogens with zero attached hydrogens (tertiary/aromatic N) is 5. The van der Waals surface area contributed by atoms with E-state index >= 15 is 4.39 Å². The second-order valence-corrected chi connectivity index (χ2v) is 10.8. The Kier molecular flexibility index (Phi) is 8.79. The average molecular weight is 541 g/mol. The van der Waals surface area contributed by atoms with Crippen molar-refractivity contribution in [3.8, 4) is 0 Å². The van der Waals surface area contributed by atoms with Crippen LogP contribution >= 0.6 is 0 Å². The summed E-state index contributed by atoms with van der Waals surface area (Å²) in [4.78, 5) is 28.5. The third-order valence-corrected chi connectivity index (χ3v) is 8.17. The number of nitrogens with two attached hydrogens (primary N) is 1. The SMILES string of the molecule is CCc1nc(C(N)=O)c(Nc2ccc(N3CCN(C4CCN(C)CC4)CC3)c(F)c2)nc1NC1CCOCC1. The summed E-state index contributed by atoms with van der Waals surface area (Å²) in [6.07, 6.45) is 4.72. The van der Waals surface area contributed by atoms with Gasteiger partial charge in [0.15, 0.2) is 17.3 Å². The molecule has 212 valence electrons. The van der Waals surface area contributed by atoms with Gasteiger partial charge in [0, 0.05) is 57.2 Å². The second kappa shape index (κ2) is 12.4. The fraction of sp³-hybridized carbons (Fsp3) is 0.607. The summed E-state index contributed by atoms with van der Waals surface area (Å²) in [7, 11) is 2.18. The number of ether oxygens (including phenoxy) is 1. The maximum atomic E-state index is 15.3. The zero-order valence-electron chi connectivity index (χ0n) is 23.1. The number of aryl methyl sites for hydroxylation is 1. The summed E-state index contributed by atoms with van der Waals surface area (Å²) in [6, 6.07) is 5.90. The zero-order chi connectivity index (χ0) is 27.4. The van der Waals surface area contributed by atoms with E-state index in [0.29, 0.717) is 48.6 Å². The highest BCUT2D eigenvalue weighted by molar-refractivity contribution is 5.96. The number of piperazine rings is 1. The molecule has 2 aromatic rings. The Morgan fingerprint density at radius 3 is 2.41 bits per heavy atom. The average Bonchev–Trinajstić information content (AvgIpc) is 2.94. The number of likely N-dealkylation sites (tertiary alicyclic amines) is 1. The van der Waals surface area contributed by atoms with E-state index in [0.717, 1.165) is 52.1 Å². The number of anilines is 4. The van der Waals surface area contributed by atoms with Crippen LogP contribution in [0.4, 0.5) is 27.4 Å². The lowest BCUT2D eigenvalue weighted by molar-refractivity contribution is 0.0903. The van der Waals surface area contributed by atoms with E-state index in [1.165, 1.54) is 18.9 Å². The van der Waals surface area contributed by atoms with Crippen molar-refractivity contribution in [1.82, 2.24) is 19.8 Å². The Morgan fingerprint density at radius 2 is 1.77 bits per heavy atom. The third-order valence-electron chi connectivity index (χ3n) is 8.17. The number of amides is 1. The third kappa shape index (κ3) is 6.59. The molecule has 3 aliphatic heterocycles. The van der Waals surface area contributed by atoms with E-state index in [1.807, 2.05) is 13.0 Å². The van der Waals surface area contributed by atoms with Gasteiger partial charge in [-0.2, -0.15) is 0 Å². The Labute approximate surface area is 230 Å². The second-order valence-electron chi connectivity index (χ2n) is 10.8. The van der Waals surface area contributed by atoms with E-state index < -0.39 is 5.91 Å². The number of hydrogen-bond donors (Lipinski definition) is 3. The topological polar surface area (TPSA) is 112 Å². The molecule has 0 bridgehead atoms. The van der Waals surface area contributed by atoms with Crippen molar-refractivity contribution in [2.24, 2.45) is 5.73 Å². The van der Waals surface area contributed by atoms with Crippen LogP contribution < -0.4 is 21.3 Å². The molecular formula is C28H41FN8O2. The summed E-state index contributed by atoms with van der Waals surface area (Å²) in [5.41, 5.74) is 7.43. The number of carbonyl (C=O) groups excluding carboxylic acids is 1. The number of piperidine rings is 1. The van der Waals surface area contributed by atoms with E-state index in [-0.39, 0.29) is 23.4 Å². The van der Waals surface area contributed by atoms with Crippen molar-refractivity contribution in [2.45, 2.75) is 51.1 Å². The number of aromatic nitrogens is 2. The first-order valence-electron chi connectivity index (χ1n) is 14.2. The molecule has 4 N–H and O–H groups in total. The first-order valence-corrected chi connectivity index (χ1v) is 14.2. The van der Waals surface area contributed by atoms with Crippen LogP contribution in [0.5, 0.6) is 0 Å². The van der Waals surface area contributed by atoms with Crippen molar-refractivity contribution in [2.75, 3.05) is 75.1 Å². The van der Waals surface area contributed by atoms with Crippen LogP contribution in [0.1, 0.15) is 48.8 Å². The molecule has 0 spiro atoms. The maximum absolute atomic E-state index is 15.3. The number of carbonyl (C=O) groups is 1. The molecular weight excluding hydrogens is 499 g/mol. The van der Waals surface area contributed by atoms with Crippen molar-refractivity contribution in [3.63, 3.8) is 0 Å². The minimum atomic E-state index is -0.683. The summed E-state index contributed by atoms with van der Waals surface area (Å²) in [5.74, 6) is -0.173. The first kappa shape index (κ1) is 27.5. The van der Waals surface area contributed by atoms with Crippen molar-refractivity contribution in [3.05, 3.63) is 35.4 Å². The molecule has 0 radical (unpaired) electrons. The predicted molar refractivity (Wildman–Crippen MR) is 151 cm³/mol. The summed E-state index contributed by atoms with van der Waals surface area (Å²) in [5, 5.41) is 6.55. The quantitative estimate of drug-likeness (QED) is 0.465. The van der Waals surface area contributed by atoms with Gasteiger partial charge in [-0.3, -0.25) is 9.69 Å². The number of hydrogen-bond acceptors (Lipinski definition) is 9. The van der Waals surface area contributed by atoms with Gasteiger partial charge < -0.3 is 30.9 Å². The number of halogens is 1. The van der Waals surface area contributed by atoms with E-state index in [9.17, 15) is 4.79 Å². The van der Waals surface area contributed by atoms with E-state index in [1.54, 1.807) is 6.07 Å². The van der Waals surface area contributed by atoms with Crippen molar-refractivity contribution in [1.29, 1.82) is 0 Å². The van der Waals surface area contributed by atoms with Crippen molar-refractivity contribution < 1.29 is 13.9 Å². The lowest BCUT2D eigenvalue weighted by Crippen LogP contribution is -2.53. The fourth-order valence-corrected chi connectivity index (χ4v) is 5.79. The Bertz CT molecular complexity index is 1140. The molecule has 3 fully saturated rings. The lowest BCUT2D eigenvalue weighted by Gasteiger charge is -2.42. The lowest BCUT2D eigenvalue weighted by atomic mass is 10.0. The molecule has 0 saturated carbocycles. The minimum absolute atomic E-state index is 0.0406. The predicted octanol–water partition coefficient (Wildman–Crippen LogP) is 2.83. The molecule has 11 heteroatoms. The van der Waals surface area contributed by atoms with Crippen LogP contribution in [0.2, 0.25) is 0 Å². The first-order chi connectivity index (χ1) is 18.9. The highest BCUT2D eigenvalue weighted by atomic mass is 19.1. The molecule has 39 heavy (non-hydrogen) atoms. The zero-order valence-corrected chi connectivity index (χ0v) is 23.1. The normalized spacial score (nSPS) is 20.2. The molecule has 0 atom stereocenters. The fourth-order valence-electron chi connectivity index (χ4n) is 5.79.